The van der Waals surface area contributed by atoms with E-state index in [9.17, 15) is 0 Å². The van der Waals surface area contributed by atoms with E-state index in [1.165, 1.54) is 5.56 Å². The summed E-state index contributed by atoms with van der Waals surface area (Å²) >= 11 is 6.03. The van der Waals surface area contributed by atoms with Gasteiger partial charge in [0.25, 0.3) is 0 Å². The summed E-state index contributed by atoms with van der Waals surface area (Å²) in [6, 6.07) is 13.9. The first-order valence-electron chi connectivity index (χ1n) is 6.51. The zero-order chi connectivity index (χ0) is 13.9. The average molecular weight is 290 g/mol. The highest BCUT2D eigenvalue weighted by atomic mass is 35.5. The number of ether oxygens (including phenoxy) is 2. The van der Waals surface area contributed by atoms with Gasteiger partial charge in [-0.1, -0.05) is 23.7 Å². The Hall–Kier alpha value is -1.71. The minimum atomic E-state index is 0.598. The minimum Gasteiger partial charge on any atom is -0.497 e. The van der Waals surface area contributed by atoms with Gasteiger partial charge in [-0.05, 0) is 35.9 Å². The molecule has 104 valence electrons. The van der Waals surface area contributed by atoms with Crippen LogP contribution >= 0.6 is 11.6 Å². The van der Waals surface area contributed by atoms with Crippen molar-refractivity contribution < 1.29 is 9.47 Å². The van der Waals surface area contributed by atoms with Gasteiger partial charge in [0.1, 0.15) is 18.2 Å². The normalized spacial score (nSPS) is 14.5. The lowest BCUT2D eigenvalue weighted by Crippen LogP contribution is -2.31. The summed E-state index contributed by atoms with van der Waals surface area (Å²) in [6.45, 7) is 2.29. The van der Waals surface area contributed by atoms with Crippen molar-refractivity contribution in [2.45, 2.75) is 13.1 Å². The van der Waals surface area contributed by atoms with Crippen LogP contribution in [-0.2, 0) is 13.1 Å². The summed E-state index contributed by atoms with van der Waals surface area (Å²) in [5.74, 6) is 1.81. The lowest BCUT2D eigenvalue weighted by atomic mass is 10.1. The maximum atomic E-state index is 6.03. The number of hydrogen-bond acceptors (Lipinski definition) is 3. The Morgan fingerprint density at radius 2 is 2.00 bits per heavy atom. The highest BCUT2D eigenvalue weighted by Crippen LogP contribution is 2.28. The van der Waals surface area contributed by atoms with Crippen LogP contribution in [-0.4, -0.2) is 18.7 Å². The number of rotatable bonds is 3. The number of nitrogens with zero attached hydrogens (tertiary/aromatic N) is 1. The second-order valence-corrected chi connectivity index (χ2v) is 5.30. The van der Waals surface area contributed by atoms with E-state index in [1.807, 2.05) is 30.3 Å². The van der Waals surface area contributed by atoms with Gasteiger partial charge in [-0.2, -0.15) is 0 Å². The van der Waals surface area contributed by atoms with Crippen LogP contribution in [0.5, 0.6) is 11.5 Å². The molecule has 0 atom stereocenters. The molecule has 2 aromatic rings. The van der Waals surface area contributed by atoms with Crippen molar-refractivity contribution in [3.63, 3.8) is 0 Å². The summed E-state index contributed by atoms with van der Waals surface area (Å²) in [4.78, 5) is 2.24. The Morgan fingerprint density at radius 1 is 1.20 bits per heavy atom. The highest BCUT2D eigenvalue weighted by Gasteiger charge is 2.17. The molecule has 2 aromatic carbocycles. The molecule has 4 heteroatoms. The van der Waals surface area contributed by atoms with Gasteiger partial charge in [-0.25, -0.2) is 0 Å². The van der Waals surface area contributed by atoms with Gasteiger partial charge < -0.3 is 9.47 Å². The number of fused-ring (bicyclic) bond motifs is 1. The first kappa shape index (κ1) is 13.3. The summed E-state index contributed by atoms with van der Waals surface area (Å²) < 4.78 is 10.9. The summed E-state index contributed by atoms with van der Waals surface area (Å²) in [5.41, 5.74) is 2.37. The van der Waals surface area contributed by atoms with E-state index >= 15 is 0 Å². The van der Waals surface area contributed by atoms with Crippen LogP contribution in [0.15, 0.2) is 42.5 Å². The smallest absolute Gasteiger partial charge is 0.142 e. The summed E-state index contributed by atoms with van der Waals surface area (Å²) in [7, 11) is 1.67. The zero-order valence-electron chi connectivity index (χ0n) is 11.3. The standard InChI is InChI=1S/C16H16ClNO2/c1-19-15-5-2-12(3-6-15)9-18-10-13-8-14(17)4-7-16(13)20-11-18/h2-8H,9-11H2,1H3. The van der Waals surface area contributed by atoms with Gasteiger partial charge >= 0.3 is 0 Å². The van der Waals surface area contributed by atoms with Crippen molar-refractivity contribution in [3.05, 3.63) is 58.6 Å². The Kier molecular flexibility index (Phi) is 3.81. The fourth-order valence-electron chi connectivity index (χ4n) is 2.35. The summed E-state index contributed by atoms with van der Waals surface area (Å²) in [5, 5.41) is 0.749. The first-order valence-corrected chi connectivity index (χ1v) is 6.89. The molecule has 0 aliphatic carbocycles. The molecule has 0 fully saturated rings. The molecule has 1 aliphatic heterocycles. The molecule has 0 bridgehead atoms. The molecule has 0 unspecified atom stereocenters. The Labute approximate surface area is 123 Å². The van der Waals surface area contributed by atoms with Gasteiger partial charge in [0.15, 0.2) is 0 Å². The quantitative estimate of drug-likeness (QED) is 0.860. The highest BCUT2D eigenvalue weighted by molar-refractivity contribution is 6.30. The third kappa shape index (κ3) is 2.89. The van der Waals surface area contributed by atoms with Crippen molar-refractivity contribution in [2.75, 3.05) is 13.8 Å². The van der Waals surface area contributed by atoms with Crippen molar-refractivity contribution >= 4 is 11.6 Å². The van der Waals surface area contributed by atoms with Crippen LogP contribution in [0.2, 0.25) is 5.02 Å². The fraction of sp³-hybridized carbons (Fsp3) is 0.250. The second-order valence-electron chi connectivity index (χ2n) is 4.86. The van der Waals surface area contributed by atoms with E-state index in [4.69, 9.17) is 21.1 Å². The van der Waals surface area contributed by atoms with Gasteiger partial charge in [-0.3, -0.25) is 4.90 Å². The van der Waals surface area contributed by atoms with Gasteiger partial charge in [0.05, 0.1) is 7.11 Å². The average Bonchev–Trinajstić information content (AvgIpc) is 2.47. The molecule has 3 rings (SSSR count). The van der Waals surface area contributed by atoms with Crippen molar-refractivity contribution in [2.24, 2.45) is 0 Å². The molecule has 0 saturated carbocycles. The van der Waals surface area contributed by atoms with Crippen molar-refractivity contribution in [3.8, 4) is 11.5 Å². The number of methoxy groups -OCH3 is 1. The Bertz CT molecular complexity index is 598. The van der Waals surface area contributed by atoms with Crippen LogP contribution in [0.4, 0.5) is 0 Å². The maximum Gasteiger partial charge on any atom is 0.142 e. The molecule has 3 nitrogen and oxygen atoms in total. The molecular formula is C16H16ClNO2. The minimum absolute atomic E-state index is 0.598. The van der Waals surface area contributed by atoms with E-state index in [0.717, 1.165) is 35.2 Å². The molecular weight excluding hydrogens is 274 g/mol. The van der Waals surface area contributed by atoms with E-state index in [2.05, 4.69) is 17.0 Å². The van der Waals surface area contributed by atoms with E-state index in [1.54, 1.807) is 7.11 Å². The second kappa shape index (κ2) is 5.73. The van der Waals surface area contributed by atoms with Gasteiger partial charge in [-0.15, -0.1) is 0 Å². The van der Waals surface area contributed by atoms with Crippen LogP contribution < -0.4 is 9.47 Å². The molecule has 0 spiro atoms. The SMILES string of the molecule is COc1ccc(CN2COc3ccc(Cl)cc3C2)cc1. The van der Waals surface area contributed by atoms with Crippen LogP contribution in [0.3, 0.4) is 0 Å². The lowest BCUT2D eigenvalue weighted by Gasteiger charge is -2.29. The lowest BCUT2D eigenvalue weighted by molar-refractivity contribution is 0.0887. The van der Waals surface area contributed by atoms with Crippen LogP contribution in [0.25, 0.3) is 0 Å². The maximum absolute atomic E-state index is 6.03. The van der Waals surface area contributed by atoms with E-state index in [-0.39, 0.29) is 0 Å². The molecule has 0 radical (unpaired) electrons. The topological polar surface area (TPSA) is 21.7 Å². The molecule has 0 saturated heterocycles. The molecule has 1 aliphatic rings. The monoisotopic (exact) mass is 289 g/mol. The molecule has 1 heterocycles. The predicted molar refractivity (Wildman–Crippen MR) is 79.2 cm³/mol. The van der Waals surface area contributed by atoms with Crippen LogP contribution in [0, 0.1) is 0 Å². The molecule has 0 aromatic heterocycles. The zero-order valence-corrected chi connectivity index (χ0v) is 12.1. The predicted octanol–water partition coefficient (Wildman–Crippen LogP) is 3.70. The van der Waals surface area contributed by atoms with E-state index in [0.29, 0.717) is 6.73 Å². The Morgan fingerprint density at radius 3 is 2.75 bits per heavy atom. The third-order valence-corrected chi connectivity index (χ3v) is 3.62. The third-order valence-electron chi connectivity index (χ3n) is 3.38. The number of benzene rings is 2. The molecule has 0 amide bonds. The van der Waals surface area contributed by atoms with Crippen LogP contribution in [0.1, 0.15) is 11.1 Å². The van der Waals surface area contributed by atoms with E-state index < -0.39 is 0 Å². The Balaban J connectivity index is 1.70. The largest absolute Gasteiger partial charge is 0.497 e. The van der Waals surface area contributed by atoms with Crippen molar-refractivity contribution in [1.82, 2.24) is 4.90 Å². The van der Waals surface area contributed by atoms with Crippen molar-refractivity contribution in [1.29, 1.82) is 0 Å². The fourth-order valence-corrected chi connectivity index (χ4v) is 2.55. The molecule has 0 N–H and O–H groups in total. The van der Waals surface area contributed by atoms with Gasteiger partial charge in [0, 0.05) is 23.7 Å². The number of hydrogen-bond donors (Lipinski definition) is 0. The molecule has 20 heavy (non-hydrogen) atoms. The number of halogens is 1. The van der Waals surface area contributed by atoms with Gasteiger partial charge in [0.2, 0.25) is 0 Å². The summed E-state index contributed by atoms with van der Waals surface area (Å²) in [6.07, 6.45) is 0. The first-order chi connectivity index (χ1) is 9.74.